The largest absolute Gasteiger partial charge is 0.493 e. The third-order valence-corrected chi connectivity index (χ3v) is 3.31. The average molecular weight is 247 g/mol. The van der Waals surface area contributed by atoms with E-state index in [0.29, 0.717) is 12.5 Å². The van der Waals surface area contributed by atoms with Gasteiger partial charge in [-0.05, 0) is 43.0 Å². The maximum absolute atomic E-state index is 5.56. The van der Waals surface area contributed by atoms with Gasteiger partial charge in [0.2, 0.25) is 0 Å². The molecule has 0 saturated carbocycles. The highest BCUT2D eigenvalue weighted by molar-refractivity contribution is 5.44. The molecule has 0 bridgehead atoms. The van der Waals surface area contributed by atoms with Crippen LogP contribution >= 0.6 is 0 Å². The molecule has 18 heavy (non-hydrogen) atoms. The zero-order valence-electron chi connectivity index (χ0n) is 10.9. The summed E-state index contributed by atoms with van der Waals surface area (Å²) in [4.78, 5) is 0. The minimum atomic E-state index is 0.501. The topological polar surface area (TPSA) is 30.5 Å². The van der Waals surface area contributed by atoms with Crippen LogP contribution in [0.3, 0.4) is 0 Å². The van der Waals surface area contributed by atoms with Crippen molar-refractivity contribution < 1.29 is 9.47 Å². The van der Waals surface area contributed by atoms with Gasteiger partial charge in [-0.3, -0.25) is 0 Å². The zero-order chi connectivity index (χ0) is 12.8. The van der Waals surface area contributed by atoms with Crippen molar-refractivity contribution in [1.82, 2.24) is 5.32 Å². The number of benzene rings is 1. The molecule has 1 heterocycles. The number of hydrogen-bond acceptors (Lipinski definition) is 3. The van der Waals surface area contributed by atoms with E-state index >= 15 is 0 Å². The Morgan fingerprint density at radius 2 is 2.33 bits per heavy atom. The van der Waals surface area contributed by atoms with E-state index in [1.54, 1.807) is 13.2 Å². The summed E-state index contributed by atoms with van der Waals surface area (Å²) >= 11 is 0. The van der Waals surface area contributed by atoms with Crippen LogP contribution in [0.4, 0.5) is 0 Å². The molecule has 0 aromatic heterocycles. The fraction of sp³-hybridized carbons (Fsp3) is 0.467. The molecule has 1 fully saturated rings. The first-order valence-electron chi connectivity index (χ1n) is 6.47. The number of hydrogen-bond donors (Lipinski definition) is 1. The number of rotatable bonds is 5. The maximum atomic E-state index is 5.56. The summed E-state index contributed by atoms with van der Waals surface area (Å²) in [6, 6.07) is 6.22. The normalized spacial score (nSPS) is 19.3. The van der Waals surface area contributed by atoms with E-state index in [0.717, 1.165) is 24.6 Å². The predicted molar refractivity (Wildman–Crippen MR) is 73.5 cm³/mol. The lowest BCUT2D eigenvalue weighted by Crippen LogP contribution is -2.28. The van der Waals surface area contributed by atoms with E-state index in [1.807, 2.05) is 6.07 Å². The molecular formula is C15H21NO2. The second-order valence-corrected chi connectivity index (χ2v) is 4.55. The summed E-state index contributed by atoms with van der Waals surface area (Å²) < 4.78 is 11.0. The van der Waals surface area contributed by atoms with Gasteiger partial charge in [-0.1, -0.05) is 18.7 Å². The maximum Gasteiger partial charge on any atom is 0.161 e. The van der Waals surface area contributed by atoms with Crippen LogP contribution in [-0.2, 0) is 0 Å². The highest BCUT2D eigenvalue weighted by atomic mass is 16.5. The lowest BCUT2D eigenvalue weighted by Gasteiger charge is -2.23. The van der Waals surface area contributed by atoms with E-state index in [2.05, 4.69) is 24.0 Å². The minimum Gasteiger partial charge on any atom is -0.493 e. The first-order valence-corrected chi connectivity index (χ1v) is 6.47. The van der Waals surface area contributed by atoms with E-state index in [1.165, 1.54) is 18.4 Å². The fourth-order valence-electron chi connectivity index (χ4n) is 2.34. The second-order valence-electron chi connectivity index (χ2n) is 4.55. The van der Waals surface area contributed by atoms with Gasteiger partial charge in [0, 0.05) is 6.54 Å². The van der Waals surface area contributed by atoms with Gasteiger partial charge in [0.15, 0.2) is 11.5 Å². The summed E-state index contributed by atoms with van der Waals surface area (Å²) in [5.41, 5.74) is 1.32. The van der Waals surface area contributed by atoms with Crippen molar-refractivity contribution in [3.63, 3.8) is 0 Å². The SMILES string of the molecule is C=CCOc1ccc(C2CCCNC2)cc1OC. The first-order chi connectivity index (χ1) is 8.85. The Labute approximate surface area is 109 Å². The minimum absolute atomic E-state index is 0.501. The molecule has 1 aromatic carbocycles. The molecule has 0 radical (unpaired) electrons. The molecule has 0 aliphatic carbocycles. The molecule has 1 atom stereocenters. The lowest BCUT2D eigenvalue weighted by atomic mass is 9.91. The Balaban J connectivity index is 2.14. The van der Waals surface area contributed by atoms with Crippen LogP contribution in [0.2, 0.25) is 0 Å². The standard InChI is InChI=1S/C15H21NO2/c1-3-9-18-14-7-6-12(10-15(14)17-2)13-5-4-8-16-11-13/h3,6-7,10,13,16H,1,4-5,8-9,11H2,2H3. The highest BCUT2D eigenvalue weighted by Gasteiger charge is 2.16. The van der Waals surface area contributed by atoms with Gasteiger partial charge >= 0.3 is 0 Å². The molecule has 2 rings (SSSR count). The van der Waals surface area contributed by atoms with Gasteiger partial charge in [-0.25, -0.2) is 0 Å². The second kappa shape index (κ2) is 6.45. The van der Waals surface area contributed by atoms with Crippen molar-refractivity contribution in [3.8, 4) is 11.5 Å². The molecule has 1 unspecified atom stereocenters. The van der Waals surface area contributed by atoms with E-state index < -0.39 is 0 Å². The Hall–Kier alpha value is -1.48. The van der Waals surface area contributed by atoms with E-state index in [4.69, 9.17) is 9.47 Å². The average Bonchev–Trinajstić information content (AvgIpc) is 2.46. The van der Waals surface area contributed by atoms with Crippen LogP contribution in [0.25, 0.3) is 0 Å². The monoisotopic (exact) mass is 247 g/mol. The fourth-order valence-corrected chi connectivity index (χ4v) is 2.34. The van der Waals surface area contributed by atoms with Crippen molar-refractivity contribution in [1.29, 1.82) is 0 Å². The van der Waals surface area contributed by atoms with Crippen LogP contribution < -0.4 is 14.8 Å². The van der Waals surface area contributed by atoms with E-state index in [9.17, 15) is 0 Å². The summed E-state index contributed by atoms with van der Waals surface area (Å²) in [5, 5.41) is 3.43. The number of nitrogens with one attached hydrogen (secondary N) is 1. The Bertz CT molecular complexity index is 397. The molecule has 3 heteroatoms. The Morgan fingerprint density at radius 1 is 1.44 bits per heavy atom. The lowest BCUT2D eigenvalue weighted by molar-refractivity contribution is 0.325. The zero-order valence-corrected chi connectivity index (χ0v) is 10.9. The molecule has 0 spiro atoms. The van der Waals surface area contributed by atoms with E-state index in [-0.39, 0.29) is 0 Å². The molecule has 3 nitrogen and oxygen atoms in total. The van der Waals surface area contributed by atoms with Crippen LogP contribution in [0.5, 0.6) is 11.5 Å². The first kappa shape index (κ1) is 13.0. The summed E-state index contributed by atoms with van der Waals surface area (Å²) in [5.74, 6) is 2.17. The summed E-state index contributed by atoms with van der Waals surface area (Å²) in [6.07, 6.45) is 4.21. The number of ether oxygens (including phenoxy) is 2. The van der Waals surface area contributed by atoms with Crippen molar-refractivity contribution >= 4 is 0 Å². The van der Waals surface area contributed by atoms with Gasteiger partial charge in [0.05, 0.1) is 7.11 Å². The third-order valence-electron chi connectivity index (χ3n) is 3.31. The van der Waals surface area contributed by atoms with Gasteiger partial charge in [-0.2, -0.15) is 0 Å². The summed E-state index contributed by atoms with van der Waals surface area (Å²) in [6.45, 7) is 6.33. The van der Waals surface area contributed by atoms with Crippen LogP contribution in [0.15, 0.2) is 30.9 Å². The van der Waals surface area contributed by atoms with Gasteiger partial charge < -0.3 is 14.8 Å². The third kappa shape index (κ3) is 3.05. The molecular weight excluding hydrogens is 226 g/mol. The molecule has 1 aromatic rings. The number of piperidine rings is 1. The number of methoxy groups -OCH3 is 1. The van der Waals surface area contributed by atoms with Crippen molar-refractivity contribution in [2.75, 3.05) is 26.8 Å². The van der Waals surface area contributed by atoms with Crippen LogP contribution in [0, 0.1) is 0 Å². The molecule has 98 valence electrons. The van der Waals surface area contributed by atoms with Crippen LogP contribution in [-0.4, -0.2) is 26.8 Å². The molecule has 1 aliphatic rings. The Morgan fingerprint density at radius 3 is 3.00 bits per heavy atom. The van der Waals surface area contributed by atoms with Gasteiger partial charge in [0.25, 0.3) is 0 Å². The van der Waals surface area contributed by atoms with Crippen molar-refractivity contribution in [2.45, 2.75) is 18.8 Å². The molecule has 1 aliphatic heterocycles. The van der Waals surface area contributed by atoms with Crippen molar-refractivity contribution in [2.24, 2.45) is 0 Å². The molecule has 1 saturated heterocycles. The Kier molecular flexibility index (Phi) is 4.65. The quantitative estimate of drug-likeness (QED) is 0.812. The predicted octanol–water partition coefficient (Wildman–Crippen LogP) is 2.73. The molecule has 0 amide bonds. The van der Waals surface area contributed by atoms with Crippen LogP contribution in [0.1, 0.15) is 24.3 Å². The highest BCUT2D eigenvalue weighted by Crippen LogP contribution is 2.32. The van der Waals surface area contributed by atoms with Crippen molar-refractivity contribution in [3.05, 3.63) is 36.4 Å². The summed E-state index contributed by atoms with van der Waals surface area (Å²) in [7, 11) is 1.68. The van der Waals surface area contributed by atoms with Gasteiger partial charge in [0.1, 0.15) is 6.61 Å². The smallest absolute Gasteiger partial charge is 0.161 e. The van der Waals surface area contributed by atoms with Gasteiger partial charge in [-0.15, -0.1) is 0 Å². The molecule has 1 N–H and O–H groups in total.